The lowest BCUT2D eigenvalue weighted by molar-refractivity contribution is 0.317. The molecule has 0 atom stereocenters. The fourth-order valence-corrected chi connectivity index (χ4v) is 1.41. The van der Waals surface area contributed by atoms with Gasteiger partial charge in [0.2, 0.25) is 0 Å². The van der Waals surface area contributed by atoms with Crippen molar-refractivity contribution in [1.29, 1.82) is 0 Å². The van der Waals surface area contributed by atoms with Crippen molar-refractivity contribution in [3.8, 4) is 5.75 Å². The topological polar surface area (TPSA) is 33.3 Å². The van der Waals surface area contributed by atoms with E-state index in [-0.39, 0.29) is 0 Å². The molecule has 0 aliphatic heterocycles. The van der Waals surface area contributed by atoms with Crippen LogP contribution in [0.5, 0.6) is 5.75 Å². The van der Waals surface area contributed by atoms with Crippen LogP contribution in [0.1, 0.15) is 18.9 Å². The highest BCUT2D eigenvalue weighted by atomic mass is 16.5. The molecule has 0 radical (unpaired) electrons. The third-order valence-corrected chi connectivity index (χ3v) is 2.25. The molecule has 0 aliphatic rings. The first kappa shape index (κ1) is 13.0. The lowest BCUT2D eigenvalue weighted by atomic mass is 10.2. The smallest absolute Gasteiger partial charge is 0.119 e. The largest absolute Gasteiger partial charge is 0.494 e. The molecule has 1 aromatic rings. The molecule has 2 N–H and O–H groups in total. The molecule has 0 aromatic heterocycles. The summed E-state index contributed by atoms with van der Waals surface area (Å²) in [5, 5.41) is 6.47. The minimum atomic E-state index is 0.788. The molecule has 16 heavy (non-hydrogen) atoms. The zero-order chi connectivity index (χ0) is 11.6. The second kappa shape index (κ2) is 8.13. The maximum Gasteiger partial charge on any atom is 0.119 e. The second-order valence-electron chi connectivity index (χ2n) is 3.78. The number of likely N-dealkylation sites (N-methyl/N-ethyl adjacent to an activating group) is 1. The molecule has 1 aromatic carbocycles. The van der Waals surface area contributed by atoms with Gasteiger partial charge in [-0.15, -0.1) is 0 Å². The van der Waals surface area contributed by atoms with E-state index in [4.69, 9.17) is 4.74 Å². The summed E-state index contributed by atoms with van der Waals surface area (Å²) < 4.78 is 5.58. The van der Waals surface area contributed by atoms with Gasteiger partial charge in [-0.05, 0) is 31.2 Å². The van der Waals surface area contributed by atoms with Gasteiger partial charge in [0.15, 0.2) is 0 Å². The van der Waals surface area contributed by atoms with Gasteiger partial charge in [-0.3, -0.25) is 0 Å². The summed E-state index contributed by atoms with van der Waals surface area (Å²) in [6.07, 6.45) is 1.05. The number of rotatable bonds is 8. The first-order valence-corrected chi connectivity index (χ1v) is 5.94. The quantitative estimate of drug-likeness (QED) is 0.658. The number of benzene rings is 1. The Labute approximate surface area is 98.2 Å². The van der Waals surface area contributed by atoms with Crippen molar-refractivity contribution in [1.82, 2.24) is 10.6 Å². The van der Waals surface area contributed by atoms with E-state index in [1.54, 1.807) is 0 Å². The van der Waals surface area contributed by atoms with Gasteiger partial charge in [-0.25, -0.2) is 0 Å². The van der Waals surface area contributed by atoms with Gasteiger partial charge in [-0.2, -0.15) is 0 Å². The molecule has 3 nitrogen and oxygen atoms in total. The maximum atomic E-state index is 5.58. The Balaban J connectivity index is 2.35. The molecule has 0 heterocycles. The molecule has 0 unspecified atom stereocenters. The van der Waals surface area contributed by atoms with Crippen LogP contribution in [0.3, 0.4) is 0 Å². The minimum Gasteiger partial charge on any atom is -0.494 e. The van der Waals surface area contributed by atoms with Gasteiger partial charge >= 0.3 is 0 Å². The summed E-state index contributed by atoms with van der Waals surface area (Å²) in [7, 11) is 1.96. The Bertz CT molecular complexity index is 289. The minimum absolute atomic E-state index is 0.788. The Hall–Kier alpha value is -1.06. The van der Waals surface area contributed by atoms with E-state index in [0.29, 0.717) is 0 Å². The predicted molar refractivity (Wildman–Crippen MR) is 67.9 cm³/mol. The van der Waals surface area contributed by atoms with E-state index in [1.165, 1.54) is 5.56 Å². The van der Waals surface area contributed by atoms with E-state index < -0.39 is 0 Å². The normalized spacial score (nSPS) is 10.4. The Kier molecular flexibility index (Phi) is 6.61. The van der Waals surface area contributed by atoms with Crippen molar-refractivity contribution in [2.24, 2.45) is 0 Å². The highest BCUT2D eigenvalue weighted by Gasteiger charge is 1.96. The van der Waals surface area contributed by atoms with Crippen molar-refractivity contribution >= 4 is 0 Å². The first-order chi connectivity index (χ1) is 7.86. The van der Waals surface area contributed by atoms with Crippen molar-refractivity contribution in [3.63, 3.8) is 0 Å². The summed E-state index contributed by atoms with van der Waals surface area (Å²) in [6.45, 7) is 5.77. The zero-order valence-electron chi connectivity index (χ0n) is 10.3. The van der Waals surface area contributed by atoms with Crippen LogP contribution in [-0.4, -0.2) is 26.7 Å². The lowest BCUT2D eigenvalue weighted by Gasteiger charge is -2.08. The van der Waals surface area contributed by atoms with Crippen LogP contribution in [0.2, 0.25) is 0 Å². The Morgan fingerprint density at radius 3 is 2.88 bits per heavy atom. The van der Waals surface area contributed by atoms with E-state index in [2.05, 4.69) is 29.7 Å². The molecule has 0 spiro atoms. The maximum absolute atomic E-state index is 5.58. The molecule has 0 amide bonds. The van der Waals surface area contributed by atoms with Crippen molar-refractivity contribution in [2.75, 3.05) is 26.7 Å². The summed E-state index contributed by atoms with van der Waals surface area (Å²) in [6, 6.07) is 8.26. The highest BCUT2D eigenvalue weighted by Crippen LogP contribution is 2.13. The molecular formula is C13H22N2O. The molecule has 3 heteroatoms. The first-order valence-electron chi connectivity index (χ1n) is 5.94. The highest BCUT2D eigenvalue weighted by molar-refractivity contribution is 5.28. The fourth-order valence-electron chi connectivity index (χ4n) is 1.41. The second-order valence-corrected chi connectivity index (χ2v) is 3.78. The molecule has 0 fully saturated rings. The predicted octanol–water partition coefficient (Wildman–Crippen LogP) is 1.78. The van der Waals surface area contributed by atoms with Crippen molar-refractivity contribution in [3.05, 3.63) is 29.8 Å². The summed E-state index contributed by atoms with van der Waals surface area (Å²) in [4.78, 5) is 0. The van der Waals surface area contributed by atoms with Crippen LogP contribution in [0, 0.1) is 0 Å². The van der Waals surface area contributed by atoms with Crippen LogP contribution < -0.4 is 15.4 Å². The summed E-state index contributed by atoms with van der Waals surface area (Å²) in [5.41, 5.74) is 1.27. The lowest BCUT2D eigenvalue weighted by Crippen LogP contribution is -2.24. The molecule has 0 bridgehead atoms. The van der Waals surface area contributed by atoms with Gasteiger partial charge in [0, 0.05) is 19.6 Å². The van der Waals surface area contributed by atoms with Gasteiger partial charge < -0.3 is 15.4 Å². The summed E-state index contributed by atoms with van der Waals surface area (Å²) >= 11 is 0. The van der Waals surface area contributed by atoms with Crippen LogP contribution in [0.15, 0.2) is 24.3 Å². The van der Waals surface area contributed by atoms with E-state index in [1.807, 2.05) is 19.2 Å². The zero-order valence-corrected chi connectivity index (χ0v) is 10.3. The molecule has 0 aliphatic carbocycles. The van der Waals surface area contributed by atoms with Crippen LogP contribution >= 0.6 is 0 Å². The summed E-state index contributed by atoms with van der Waals surface area (Å²) in [5.74, 6) is 0.967. The van der Waals surface area contributed by atoms with Gasteiger partial charge in [0.05, 0.1) is 6.61 Å². The van der Waals surface area contributed by atoms with Crippen molar-refractivity contribution < 1.29 is 4.74 Å². The van der Waals surface area contributed by atoms with Gasteiger partial charge in [0.1, 0.15) is 5.75 Å². The standard InChI is InChI=1S/C13H22N2O/c1-3-9-16-13-6-4-5-12(10-13)11-15-8-7-14-2/h4-6,10,14-15H,3,7-9,11H2,1-2H3. The average Bonchev–Trinajstić information content (AvgIpc) is 2.33. The van der Waals surface area contributed by atoms with Crippen LogP contribution in [0.25, 0.3) is 0 Å². The molecule has 1 rings (SSSR count). The van der Waals surface area contributed by atoms with Crippen LogP contribution in [0.4, 0.5) is 0 Å². The Morgan fingerprint density at radius 1 is 1.25 bits per heavy atom. The monoisotopic (exact) mass is 222 g/mol. The Morgan fingerprint density at radius 2 is 2.12 bits per heavy atom. The third-order valence-electron chi connectivity index (χ3n) is 2.25. The van der Waals surface area contributed by atoms with Crippen LogP contribution in [-0.2, 0) is 6.54 Å². The molecule has 90 valence electrons. The number of ether oxygens (including phenoxy) is 1. The number of hydrogen-bond acceptors (Lipinski definition) is 3. The average molecular weight is 222 g/mol. The molecule has 0 saturated carbocycles. The SMILES string of the molecule is CCCOc1cccc(CNCCNC)c1. The third kappa shape index (κ3) is 5.14. The molecular weight excluding hydrogens is 200 g/mol. The van der Waals surface area contributed by atoms with Gasteiger partial charge in [0.25, 0.3) is 0 Å². The van der Waals surface area contributed by atoms with Crippen molar-refractivity contribution in [2.45, 2.75) is 19.9 Å². The number of nitrogens with one attached hydrogen (secondary N) is 2. The number of hydrogen-bond donors (Lipinski definition) is 2. The van der Waals surface area contributed by atoms with E-state index >= 15 is 0 Å². The van der Waals surface area contributed by atoms with E-state index in [9.17, 15) is 0 Å². The van der Waals surface area contributed by atoms with Gasteiger partial charge in [-0.1, -0.05) is 19.1 Å². The fraction of sp³-hybridized carbons (Fsp3) is 0.538. The van der Waals surface area contributed by atoms with E-state index in [0.717, 1.165) is 38.4 Å². The molecule has 0 saturated heterocycles.